The maximum Gasteiger partial charge on any atom is 0.0702 e. The van der Waals surface area contributed by atoms with Gasteiger partial charge in [0.1, 0.15) is 0 Å². The van der Waals surface area contributed by atoms with E-state index >= 15 is 0 Å². The van der Waals surface area contributed by atoms with Gasteiger partial charge in [0.15, 0.2) is 0 Å². The highest BCUT2D eigenvalue weighted by Gasteiger charge is 2.39. The molecule has 0 saturated carbocycles. The fourth-order valence-electron chi connectivity index (χ4n) is 2.78. The van der Waals surface area contributed by atoms with Crippen molar-refractivity contribution in [2.75, 3.05) is 39.5 Å². The van der Waals surface area contributed by atoms with E-state index in [-0.39, 0.29) is 11.5 Å². The van der Waals surface area contributed by atoms with Crippen LogP contribution in [0.2, 0.25) is 0 Å². The van der Waals surface area contributed by atoms with Gasteiger partial charge in [0.25, 0.3) is 0 Å². The quantitative estimate of drug-likeness (QED) is 0.776. The normalized spacial score (nSPS) is 38.1. The molecule has 2 aliphatic heterocycles. The topological polar surface area (TPSA) is 47.7 Å². The van der Waals surface area contributed by atoms with Crippen LogP contribution in [0.5, 0.6) is 0 Å². The maximum atomic E-state index is 6.14. The van der Waals surface area contributed by atoms with Crippen molar-refractivity contribution >= 4 is 0 Å². The van der Waals surface area contributed by atoms with Crippen LogP contribution in [0.3, 0.4) is 0 Å². The molecule has 2 heterocycles. The van der Waals surface area contributed by atoms with Gasteiger partial charge in [0.2, 0.25) is 0 Å². The third-order valence-electron chi connectivity index (χ3n) is 4.14. The van der Waals surface area contributed by atoms with Gasteiger partial charge in [-0.05, 0) is 19.4 Å². The van der Waals surface area contributed by atoms with E-state index in [1.165, 1.54) is 12.8 Å². The Balaban J connectivity index is 1.85. The van der Waals surface area contributed by atoms with Gasteiger partial charge in [-0.25, -0.2) is 0 Å². The van der Waals surface area contributed by atoms with Crippen LogP contribution in [-0.2, 0) is 9.47 Å². The second-order valence-electron chi connectivity index (χ2n) is 5.74. The average molecular weight is 242 g/mol. The average Bonchev–Trinajstić information content (AvgIpc) is 2.90. The molecule has 17 heavy (non-hydrogen) atoms. The molecule has 2 saturated heterocycles. The van der Waals surface area contributed by atoms with Crippen LogP contribution in [-0.4, -0.2) is 56.5 Å². The van der Waals surface area contributed by atoms with Crippen molar-refractivity contribution in [2.45, 2.75) is 38.8 Å². The lowest BCUT2D eigenvalue weighted by atomic mass is 9.85. The Bertz CT molecular complexity index is 244. The predicted octanol–water partition coefficient (Wildman–Crippen LogP) is 0.851. The molecule has 2 rings (SSSR count). The molecule has 0 aromatic carbocycles. The third-order valence-corrected chi connectivity index (χ3v) is 4.14. The summed E-state index contributed by atoms with van der Waals surface area (Å²) in [4.78, 5) is 2.46. The van der Waals surface area contributed by atoms with Crippen LogP contribution in [0, 0.1) is 5.41 Å². The molecular formula is C13H26N2O2. The number of hydrogen-bond acceptors (Lipinski definition) is 4. The van der Waals surface area contributed by atoms with Crippen molar-refractivity contribution in [1.29, 1.82) is 0 Å². The van der Waals surface area contributed by atoms with Gasteiger partial charge in [-0.2, -0.15) is 0 Å². The minimum Gasteiger partial charge on any atom is -0.379 e. The maximum absolute atomic E-state index is 6.14. The predicted molar refractivity (Wildman–Crippen MR) is 68.0 cm³/mol. The molecule has 100 valence electrons. The molecule has 0 bridgehead atoms. The Labute approximate surface area is 104 Å². The number of likely N-dealkylation sites (N-methyl/N-ethyl adjacent to an activating group) is 1. The molecule has 4 nitrogen and oxygen atoms in total. The minimum absolute atomic E-state index is 0.106. The molecule has 3 unspecified atom stereocenters. The summed E-state index contributed by atoms with van der Waals surface area (Å²) in [5.41, 5.74) is 6.25. The summed E-state index contributed by atoms with van der Waals surface area (Å²) in [6.07, 6.45) is 2.84. The number of nitrogens with two attached hydrogens (primary N) is 1. The Hall–Kier alpha value is -0.160. The lowest BCUT2D eigenvalue weighted by Crippen LogP contribution is -2.48. The molecule has 2 N–H and O–H groups in total. The lowest BCUT2D eigenvalue weighted by molar-refractivity contribution is 0.0532. The summed E-state index contributed by atoms with van der Waals surface area (Å²) in [5, 5.41) is 0. The molecule has 2 aliphatic rings. The molecule has 0 amide bonds. The van der Waals surface area contributed by atoms with E-state index in [1.54, 1.807) is 0 Å². The summed E-state index contributed by atoms with van der Waals surface area (Å²) in [6, 6.07) is 0.168. The molecule has 0 spiro atoms. The molecule has 0 aromatic heterocycles. The van der Waals surface area contributed by atoms with Crippen molar-refractivity contribution in [1.82, 2.24) is 4.90 Å². The highest BCUT2D eigenvalue weighted by atomic mass is 16.5. The van der Waals surface area contributed by atoms with Crippen LogP contribution in [0.1, 0.15) is 26.7 Å². The van der Waals surface area contributed by atoms with Crippen molar-refractivity contribution in [2.24, 2.45) is 11.1 Å². The van der Waals surface area contributed by atoms with E-state index in [0.29, 0.717) is 12.7 Å². The van der Waals surface area contributed by atoms with E-state index < -0.39 is 0 Å². The Morgan fingerprint density at radius 1 is 1.47 bits per heavy atom. The van der Waals surface area contributed by atoms with Gasteiger partial charge in [0.05, 0.1) is 19.3 Å². The first kappa shape index (κ1) is 13.3. The number of hydrogen-bond donors (Lipinski definition) is 1. The van der Waals surface area contributed by atoms with Crippen LogP contribution in [0.4, 0.5) is 0 Å². The van der Waals surface area contributed by atoms with Crippen molar-refractivity contribution in [3.63, 3.8) is 0 Å². The highest BCUT2D eigenvalue weighted by Crippen LogP contribution is 2.28. The fraction of sp³-hybridized carbons (Fsp3) is 1.00. The minimum atomic E-state index is 0.106. The van der Waals surface area contributed by atoms with Crippen molar-refractivity contribution in [3.05, 3.63) is 0 Å². The van der Waals surface area contributed by atoms with E-state index in [9.17, 15) is 0 Å². The van der Waals surface area contributed by atoms with Crippen LogP contribution >= 0.6 is 0 Å². The monoisotopic (exact) mass is 242 g/mol. The summed E-state index contributed by atoms with van der Waals surface area (Å²) in [5.74, 6) is 0. The largest absolute Gasteiger partial charge is 0.379 e. The first-order valence-corrected chi connectivity index (χ1v) is 6.81. The number of nitrogens with zero attached hydrogens (tertiary/aromatic N) is 1. The standard InChI is InChI=1S/C13H26N2O2/c1-3-15(7-11-5-4-6-17-11)9-13(2)10-16-8-12(13)14/h11-12H,3-10,14H2,1-2H3. The Morgan fingerprint density at radius 2 is 2.29 bits per heavy atom. The van der Waals surface area contributed by atoms with Gasteiger partial charge >= 0.3 is 0 Å². The molecular weight excluding hydrogens is 216 g/mol. The van der Waals surface area contributed by atoms with Gasteiger partial charge in [-0.3, -0.25) is 0 Å². The molecule has 0 radical (unpaired) electrons. The van der Waals surface area contributed by atoms with Crippen molar-refractivity contribution < 1.29 is 9.47 Å². The van der Waals surface area contributed by atoms with E-state index in [2.05, 4.69) is 18.7 Å². The first-order valence-electron chi connectivity index (χ1n) is 6.81. The van der Waals surface area contributed by atoms with Crippen LogP contribution in [0.25, 0.3) is 0 Å². The fourth-order valence-corrected chi connectivity index (χ4v) is 2.78. The molecule has 3 atom stereocenters. The number of rotatable bonds is 5. The highest BCUT2D eigenvalue weighted by molar-refractivity contribution is 4.92. The zero-order valence-corrected chi connectivity index (χ0v) is 11.2. The SMILES string of the molecule is CCN(CC1CCCO1)CC1(C)COCC1N. The summed E-state index contributed by atoms with van der Waals surface area (Å²) in [7, 11) is 0. The van der Waals surface area contributed by atoms with Gasteiger partial charge < -0.3 is 20.1 Å². The van der Waals surface area contributed by atoms with Crippen molar-refractivity contribution in [3.8, 4) is 0 Å². The smallest absolute Gasteiger partial charge is 0.0702 e. The Kier molecular flexibility index (Phi) is 4.42. The first-order chi connectivity index (χ1) is 8.14. The summed E-state index contributed by atoms with van der Waals surface area (Å²) >= 11 is 0. The molecule has 2 fully saturated rings. The summed E-state index contributed by atoms with van der Waals surface area (Å²) < 4.78 is 11.2. The van der Waals surface area contributed by atoms with Gasteiger partial charge in [-0.1, -0.05) is 13.8 Å². The Morgan fingerprint density at radius 3 is 2.82 bits per heavy atom. The van der Waals surface area contributed by atoms with E-state index in [4.69, 9.17) is 15.2 Å². The van der Waals surface area contributed by atoms with Crippen LogP contribution in [0.15, 0.2) is 0 Å². The van der Waals surface area contributed by atoms with E-state index in [1.807, 2.05) is 0 Å². The third kappa shape index (κ3) is 3.19. The number of ether oxygens (including phenoxy) is 2. The zero-order chi connectivity index (χ0) is 12.3. The molecule has 0 aliphatic carbocycles. The lowest BCUT2D eigenvalue weighted by Gasteiger charge is -2.34. The molecule has 4 heteroatoms. The van der Waals surface area contributed by atoms with Gasteiger partial charge in [0, 0.05) is 31.2 Å². The summed E-state index contributed by atoms with van der Waals surface area (Å²) in [6.45, 7) is 9.99. The zero-order valence-electron chi connectivity index (χ0n) is 11.2. The van der Waals surface area contributed by atoms with E-state index in [0.717, 1.165) is 32.8 Å². The molecule has 0 aromatic rings. The van der Waals surface area contributed by atoms with Crippen LogP contribution < -0.4 is 5.73 Å². The van der Waals surface area contributed by atoms with Gasteiger partial charge in [-0.15, -0.1) is 0 Å². The second-order valence-corrected chi connectivity index (χ2v) is 5.74. The second kappa shape index (κ2) is 5.65.